The number of nitrogens with two attached hydrogens (primary N) is 2. The van der Waals surface area contributed by atoms with E-state index in [1.165, 1.54) is 11.8 Å². The number of rotatable bonds is 8. The normalized spacial score (nSPS) is 10.9. The molecule has 2 heterocycles. The van der Waals surface area contributed by atoms with Crippen LogP contribution in [0.1, 0.15) is 0 Å². The van der Waals surface area contributed by atoms with Crippen LogP contribution in [0.4, 0.5) is 0 Å². The molecular weight excluding hydrogens is 442 g/mol. The number of benzene rings is 2. The fourth-order valence-electron chi connectivity index (χ4n) is 3.13. The number of hydrogen-bond donors (Lipinski definition) is 2. The monoisotopic (exact) mass is 461 g/mol. The first-order chi connectivity index (χ1) is 15.5. The minimum absolute atomic E-state index is 0.0371. The molecule has 160 valence electrons. The number of carbonyl (C=O) groups excluding carboxylic acids is 2. The first-order valence-electron chi connectivity index (χ1n) is 9.67. The van der Waals surface area contributed by atoms with Gasteiger partial charge in [0.1, 0.15) is 5.03 Å². The smallest absolute Gasteiger partial charge is 0.227 e. The second-order valence-electron chi connectivity index (χ2n) is 6.81. The number of hydrogen-bond acceptors (Lipinski definition) is 7. The van der Waals surface area contributed by atoms with Crippen molar-refractivity contribution in [2.45, 2.75) is 10.2 Å². The van der Waals surface area contributed by atoms with Crippen molar-refractivity contribution in [2.75, 3.05) is 11.5 Å². The Hall–Kier alpha value is -3.43. The van der Waals surface area contributed by atoms with Crippen molar-refractivity contribution in [3.8, 4) is 22.4 Å². The number of carbonyl (C=O) groups is 2. The maximum atomic E-state index is 11.5. The van der Waals surface area contributed by atoms with E-state index in [2.05, 4.69) is 9.97 Å². The zero-order valence-corrected chi connectivity index (χ0v) is 18.5. The van der Waals surface area contributed by atoms with Crippen LogP contribution in [0.25, 0.3) is 33.4 Å². The summed E-state index contributed by atoms with van der Waals surface area (Å²) < 4.78 is 0. The molecule has 4 rings (SSSR count). The second-order valence-corrected chi connectivity index (χ2v) is 8.71. The lowest BCUT2D eigenvalue weighted by atomic mass is 10.0. The van der Waals surface area contributed by atoms with Gasteiger partial charge in [-0.2, -0.15) is 0 Å². The Kier molecular flexibility index (Phi) is 6.67. The molecule has 0 bridgehead atoms. The molecule has 0 aliphatic rings. The molecule has 0 saturated carbocycles. The van der Waals surface area contributed by atoms with E-state index in [0.717, 1.165) is 39.5 Å². The molecule has 2 aromatic carbocycles. The van der Waals surface area contributed by atoms with Gasteiger partial charge in [-0.05, 0) is 17.2 Å². The molecule has 4 aromatic rings. The third-order valence-corrected chi connectivity index (χ3v) is 6.33. The van der Waals surface area contributed by atoms with Gasteiger partial charge in [-0.25, -0.2) is 15.0 Å². The molecule has 0 radical (unpaired) electrons. The number of fused-ring (bicyclic) bond motifs is 1. The zero-order valence-electron chi connectivity index (χ0n) is 16.9. The predicted molar refractivity (Wildman–Crippen MR) is 128 cm³/mol. The highest BCUT2D eigenvalue weighted by Crippen LogP contribution is 2.37. The van der Waals surface area contributed by atoms with Crippen LogP contribution in [0.2, 0.25) is 0 Å². The Balaban J connectivity index is 1.98. The van der Waals surface area contributed by atoms with Crippen molar-refractivity contribution >= 4 is 46.4 Å². The summed E-state index contributed by atoms with van der Waals surface area (Å²) in [5.74, 6) is -0.833. The number of amides is 2. The highest BCUT2D eigenvalue weighted by molar-refractivity contribution is 8.00. The summed E-state index contributed by atoms with van der Waals surface area (Å²) in [5.41, 5.74) is 14.7. The van der Waals surface area contributed by atoms with E-state index < -0.39 is 11.8 Å². The van der Waals surface area contributed by atoms with Crippen molar-refractivity contribution in [2.24, 2.45) is 11.5 Å². The lowest BCUT2D eigenvalue weighted by Gasteiger charge is -2.14. The van der Waals surface area contributed by atoms with Gasteiger partial charge >= 0.3 is 0 Å². The van der Waals surface area contributed by atoms with Crippen LogP contribution >= 0.6 is 23.5 Å². The SMILES string of the molecule is NC(=O)CSc1nc(SCC(N)=O)c2c(-c3ccccc3)cc(-c3ccccc3)nc2n1. The molecule has 0 unspecified atom stereocenters. The van der Waals surface area contributed by atoms with Crippen molar-refractivity contribution < 1.29 is 9.59 Å². The van der Waals surface area contributed by atoms with E-state index in [9.17, 15) is 9.59 Å². The Morgan fingerprint density at radius 2 is 1.34 bits per heavy atom. The molecule has 0 aliphatic carbocycles. The fourth-order valence-corrected chi connectivity index (χ4v) is 4.54. The summed E-state index contributed by atoms with van der Waals surface area (Å²) in [5, 5.41) is 1.66. The third-order valence-electron chi connectivity index (χ3n) is 4.46. The van der Waals surface area contributed by atoms with E-state index >= 15 is 0 Å². The lowest BCUT2D eigenvalue weighted by molar-refractivity contribution is -0.116. The van der Waals surface area contributed by atoms with Crippen molar-refractivity contribution in [3.63, 3.8) is 0 Å². The average molecular weight is 462 g/mol. The van der Waals surface area contributed by atoms with E-state index in [4.69, 9.17) is 16.5 Å². The van der Waals surface area contributed by atoms with Crippen LogP contribution in [0, 0.1) is 0 Å². The standard InChI is InChI=1S/C23H19N5O2S2/c24-18(29)12-31-22-20-16(14-7-3-1-4-8-14)11-17(15-9-5-2-6-10-15)26-21(20)27-23(28-22)32-13-19(25)30/h1-11H,12-13H2,(H2,24,29)(H2,25,30). The summed E-state index contributed by atoms with van der Waals surface area (Å²) in [6.45, 7) is 0. The van der Waals surface area contributed by atoms with Crippen LogP contribution in [0.3, 0.4) is 0 Å². The van der Waals surface area contributed by atoms with Gasteiger partial charge in [-0.3, -0.25) is 9.59 Å². The van der Waals surface area contributed by atoms with E-state index in [-0.39, 0.29) is 11.5 Å². The Labute approximate surface area is 193 Å². The minimum Gasteiger partial charge on any atom is -0.369 e. The second kappa shape index (κ2) is 9.80. The molecular formula is C23H19N5O2S2. The molecule has 2 aromatic heterocycles. The van der Waals surface area contributed by atoms with Crippen LogP contribution in [0.15, 0.2) is 76.9 Å². The first kappa shape index (κ1) is 21.8. The van der Waals surface area contributed by atoms with Gasteiger partial charge in [0.05, 0.1) is 22.6 Å². The van der Waals surface area contributed by atoms with Gasteiger partial charge in [-0.15, -0.1) is 0 Å². The van der Waals surface area contributed by atoms with Gasteiger partial charge in [0.2, 0.25) is 11.8 Å². The highest BCUT2D eigenvalue weighted by atomic mass is 32.2. The molecule has 0 saturated heterocycles. The van der Waals surface area contributed by atoms with Gasteiger partial charge < -0.3 is 11.5 Å². The third kappa shape index (κ3) is 5.06. The molecule has 9 heteroatoms. The molecule has 0 atom stereocenters. The maximum Gasteiger partial charge on any atom is 0.227 e. The Morgan fingerprint density at radius 3 is 1.97 bits per heavy atom. The maximum absolute atomic E-state index is 11.5. The van der Waals surface area contributed by atoms with Crippen LogP contribution in [-0.2, 0) is 9.59 Å². The van der Waals surface area contributed by atoms with E-state index in [0.29, 0.717) is 15.8 Å². The summed E-state index contributed by atoms with van der Waals surface area (Å²) >= 11 is 2.35. The zero-order chi connectivity index (χ0) is 22.5. The topological polar surface area (TPSA) is 125 Å². The minimum atomic E-state index is -0.471. The predicted octanol–water partition coefficient (Wildman–Crippen LogP) is 3.51. The van der Waals surface area contributed by atoms with Gasteiger partial charge in [-0.1, -0.05) is 84.2 Å². The molecule has 32 heavy (non-hydrogen) atoms. The summed E-state index contributed by atoms with van der Waals surface area (Å²) in [7, 11) is 0. The number of nitrogens with zero attached hydrogens (tertiary/aromatic N) is 3. The van der Waals surface area contributed by atoms with Crippen LogP contribution < -0.4 is 11.5 Å². The van der Waals surface area contributed by atoms with Crippen molar-refractivity contribution in [3.05, 3.63) is 66.7 Å². The lowest BCUT2D eigenvalue weighted by Crippen LogP contribution is -2.14. The summed E-state index contributed by atoms with van der Waals surface area (Å²) in [6, 6.07) is 21.7. The van der Waals surface area contributed by atoms with E-state index in [1.54, 1.807) is 0 Å². The van der Waals surface area contributed by atoms with Crippen LogP contribution in [0.5, 0.6) is 0 Å². The van der Waals surface area contributed by atoms with Crippen molar-refractivity contribution in [1.82, 2.24) is 15.0 Å². The van der Waals surface area contributed by atoms with Crippen LogP contribution in [-0.4, -0.2) is 38.3 Å². The first-order valence-corrected chi connectivity index (χ1v) is 11.6. The van der Waals surface area contributed by atoms with Gasteiger partial charge in [0.15, 0.2) is 10.8 Å². The number of primary amides is 2. The summed E-state index contributed by atoms with van der Waals surface area (Å²) in [6.07, 6.45) is 0. The quantitative estimate of drug-likeness (QED) is 0.234. The number of pyridine rings is 1. The molecule has 0 aliphatic heterocycles. The van der Waals surface area contributed by atoms with Crippen molar-refractivity contribution in [1.29, 1.82) is 0 Å². The van der Waals surface area contributed by atoms with E-state index in [1.807, 2.05) is 66.7 Å². The van der Waals surface area contributed by atoms with Gasteiger partial charge in [0, 0.05) is 5.56 Å². The Bertz CT molecular complexity index is 1280. The molecule has 2 amide bonds. The largest absolute Gasteiger partial charge is 0.369 e. The Morgan fingerprint density at radius 1 is 0.750 bits per heavy atom. The van der Waals surface area contributed by atoms with Gasteiger partial charge in [0.25, 0.3) is 0 Å². The highest BCUT2D eigenvalue weighted by Gasteiger charge is 2.18. The average Bonchev–Trinajstić information content (AvgIpc) is 2.81. The molecule has 7 nitrogen and oxygen atoms in total. The molecule has 0 spiro atoms. The number of thioether (sulfide) groups is 2. The fraction of sp³-hybridized carbons (Fsp3) is 0.0870. The summed E-state index contributed by atoms with van der Waals surface area (Å²) in [4.78, 5) is 36.8. The molecule has 0 fully saturated rings. The molecule has 4 N–H and O–H groups in total. The number of aromatic nitrogens is 3.